The van der Waals surface area contributed by atoms with Crippen LogP contribution in [-0.2, 0) is 0 Å². The second-order valence-electron chi connectivity index (χ2n) is 6.39. The summed E-state index contributed by atoms with van der Waals surface area (Å²) in [6, 6.07) is 12.4. The molecule has 0 unspecified atom stereocenters. The third kappa shape index (κ3) is 4.52. The van der Waals surface area contributed by atoms with Gasteiger partial charge in [-0.3, -0.25) is 9.59 Å². The van der Waals surface area contributed by atoms with Crippen LogP contribution >= 0.6 is 12.4 Å². The van der Waals surface area contributed by atoms with E-state index in [0.29, 0.717) is 48.7 Å². The fourth-order valence-electron chi connectivity index (χ4n) is 3.06. The molecule has 144 valence electrons. The quantitative estimate of drug-likeness (QED) is 0.819. The number of ether oxygens (including phenoxy) is 1. The number of nitrogens with two attached hydrogens (primary N) is 1. The highest BCUT2D eigenvalue weighted by atomic mass is 35.5. The molecule has 1 saturated heterocycles. The van der Waals surface area contributed by atoms with Gasteiger partial charge >= 0.3 is 0 Å². The van der Waals surface area contributed by atoms with Gasteiger partial charge in [0.25, 0.3) is 11.8 Å². The predicted molar refractivity (Wildman–Crippen MR) is 108 cm³/mol. The molecular weight excluding hydrogens is 366 g/mol. The number of halogens is 1. The zero-order valence-electron chi connectivity index (χ0n) is 15.5. The van der Waals surface area contributed by atoms with Gasteiger partial charge in [-0.2, -0.15) is 0 Å². The number of benzene rings is 2. The number of rotatable bonds is 3. The van der Waals surface area contributed by atoms with Crippen molar-refractivity contribution in [2.45, 2.75) is 6.92 Å². The van der Waals surface area contributed by atoms with Gasteiger partial charge in [0.2, 0.25) is 0 Å². The Kier molecular flexibility index (Phi) is 6.69. The van der Waals surface area contributed by atoms with Crippen LogP contribution in [0.4, 0.5) is 5.69 Å². The van der Waals surface area contributed by atoms with Gasteiger partial charge in [0, 0.05) is 43.0 Å². The first-order chi connectivity index (χ1) is 12.5. The summed E-state index contributed by atoms with van der Waals surface area (Å²) in [5.41, 5.74) is 8.50. The number of nitrogen functional groups attached to an aromatic ring is 1. The van der Waals surface area contributed by atoms with Gasteiger partial charge in [-0.25, -0.2) is 0 Å². The van der Waals surface area contributed by atoms with Crippen LogP contribution in [0.1, 0.15) is 26.3 Å². The lowest BCUT2D eigenvalue weighted by atomic mass is 10.1. The number of aryl methyl sites for hydroxylation is 1. The largest absolute Gasteiger partial charge is 0.496 e. The van der Waals surface area contributed by atoms with E-state index in [1.807, 2.05) is 19.1 Å². The van der Waals surface area contributed by atoms with E-state index in [2.05, 4.69) is 0 Å². The third-order valence-corrected chi connectivity index (χ3v) is 4.67. The molecule has 1 aliphatic rings. The zero-order valence-corrected chi connectivity index (χ0v) is 16.3. The Labute approximate surface area is 165 Å². The molecule has 2 amide bonds. The molecule has 2 aromatic carbocycles. The van der Waals surface area contributed by atoms with E-state index in [-0.39, 0.29) is 24.2 Å². The molecule has 1 aliphatic heterocycles. The summed E-state index contributed by atoms with van der Waals surface area (Å²) in [5.74, 6) is 0.630. The SMILES string of the molecule is COc1cc(C(=O)N2CCN(C(=O)c3ccc(N)cc3)CC2)ccc1C.Cl. The molecule has 7 heteroatoms. The zero-order chi connectivity index (χ0) is 18.7. The van der Waals surface area contributed by atoms with Crippen molar-refractivity contribution in [2.24, 2.45) is 0 Å². The van der Waals surface area contributed by atoms with E-state index in [0.717, 1.165) is 5.56 Å². The average Bonchev–Trinajstić information content (AvgIpc) is 2.68. The minimum Gasteiger partial charge on any atom is -0.496 e. The normalized spacial score (nSPS) is 13.7. The Balaban J connectivity index is 0.00000261. The fraction of sp³-hybridized carbons (Fsp3) is 0.300. The van der Waals surface area contributed by atoms with Gasteiger partial charge < -0.3 is 20.3 Å². The van der Waals surface area contributed by atoms with Crippen LogP contribution in [0.3, 0.4) is 0 Å². The van der Waals surface area contributed by atoms with Crippen molar-refractivity contribution in [1.29, 1.82) is 0 Å². The van der Waals surface area contributed by atoms with Crippen LogP contribution in [0.2, 0.25) is 0 Å². The molecule has 6 nitrogen and oxygen atoms in total. The van der Waals surface area contributed by atoms with Gasteiger partial charge in [-0.05, 0) is 48.9 Å². The first kappa shape index (κ1) is 20.6. The molecule has 0 aliphatic carbocycles. The summed E-state index contributed by atoms with van der Waals surface area (Å²) in [6.45, 7) is 3.98. The van der Waals surface area contributed by atoms with Crippen LogP contribution in [0.25, 0.3) is 0 Å². The molecule has 2 aromatic rings. The minimum absolute atomic E-state index is 0. The minimum atomic E-state index is -0.0390. The van der Waals surface area contributed by atoms with E-state index in [1.54, 1.807) is 47.2 Å². The fourth-order valence-corrected chi connectivity index (χ4v) is 3.06. The van der Waals surface area contributed by atoms with Crippen molar-refractivity contribution in [3.63, 3.8) is 0 Å². The number of carbonyl (C=O) groups is 2. The highest BCUT2D eigenvalue weighted by Crippen LogP contribution is 2.21. The van der Waals surface area contributed by atoms with Gasteiger partial charge in [-0.1, -0.05) is 6.07 Å². The van der Waals surface area contributed by atoms with E-state index in [1.165, 1.54) is 0 Å². The Morgan fingerprint density at radius 1 is 0.889 bits per heavy atom. The molecule has 0 bridgehead atoms. The van der Waals surface area contributed by atoms with Gasteiger partial charge in [0.05, 0.1) is 7.11 Å². The molecule has 2 N–H and O–H groups in total. The second-order valence-corrected chi connectivity index (χ2v) is 6.39. The standard InChI is InChI=1S/C20H23N3O3.ClH/c1-14-3-4-16(13-18(14)26-2)20(25)23-11-9-22(10-12-23)19(24)15-5-7-17(21)8-6-15;/h3-8,13H,9-12,21H2,1-2H3;1H. The Bertz CT molecular complexity index is 816. The number of hydrogen-bond donors (Lipinski definition) is 1. The monoisotopic (exact) mass is 389 g/mol. The van der Waals surface area contributed by atoms with Crippen molar-refractivity contribution < 1.29 is 14.3 Å². The van der Waals surface area contributed by atoms with E-state index in [9.17, 15) is 9.59 Å². The molecule has 0 saturated carbocycles. The maximum Gasteiger partial charge on any atom is 0.254 e. The Hall–Kier alpha value is -2.73. The van der Waals surface area contributed by atoms with Crippen molar-refractivity contribution in [3.05, 3.63) is 59.2 Å². The molecule has 3 rings (SSSR count). The molecule has 1 fully saturated rings. The van der Waals surface area contributed by atoms with Crippen LogP contribution in [-0.4, -0.2) is 54.9 Å². The molecule has 27 heavy (non-hydrogen) atoms. The van der Waals surface area contributed by atoms with E-state index < -0.39 is 0 Å². The lowest BCUT2D eigenvalue weighted by molar-refractivity contribution is 0.0535. The summed E-state index contributed by atoms with van der Waals surface area (Å²) in [6.07, 6.45) is 0. The Morgan fingerprint density at radius 3 is 1.89 bits per heavy atom. The lowest BCUT2D eigenvalue weighted by Gasteiger charge is -2.35. The number of nitrogens with zero attached hydrogens (tertiary/aromatic N) is 2. The molecule has 0 aromatic heterocycles. The third-order valence-electron chi connectivity index (χ3n) is 4.67. The molecular formula is C20H24ClN3O3. The maximum atomic E-state index is 12.7. The first-order valence-corrected chi connectivity index (χ1v) is 8.58. The van der Waals surface area contributed by atoms with Crippen molar-refractivity contribution in [1.82, 2.24) is 9.80 Å². The van der Waals surface area contributed by atoms with Crippen LogP contribution in [0.15, 0.2) is 42.5 Å². The number of carbonyl (C=O) groups excluding carboxylic acids is 2. The van der Waals surface area contributed by atoms with Crippen molar-refractivity contribution in [2.75, 3.05) is 39.0 Å². The van der Waals surface area contributed by atoms with E-state index in [4.69, 9.17) is 10.5 Å². The summed E-state index contributed by atoms with van der Waals surface area (Å²) in [7, 11) is 1.60. The second kappa shape index (κ2) is 8.77. The highest BCUT2D eigenvalue weighted by Gasteiger charge is 2.25. The highest BCUT2D eigenvalue weighted by molar-refractivity contribution is 5.96. The lowest BCUT2D eigenvalue weighted by Crippen LogP contribution is -2.50. The first-order valence-electron chi connectivity index (χ1n) is 8.58. The van der Waals surface area contributed by atoms with Gasteiger partial charge in [-0.15, -0.1) is 12.4 Å². The number of anilines is 1. The molecule has 0 radical (unpaired) electrons. The smallest absolute Gasteiger partial charge is 0.254 e. The molecule has 1 heterocycles. The molecule has 0 atom stereocenters. The van der Waals surface area contributed by atoms with E-state index >= 15 is 0 Å². The topological polar surface area (TPSA) is 75.9 Å². The predicted octanol–water partition coefficient (Wildman–Crippen LogP) is 2.61. The summed E-state index contributed by atoms with van der Waals surface area (Å²) < 4.78 is 5.30. The van der Waals surface area contributed by atoms with Crippen LogP contribution in [0.5, 0.6) is 5.75 Å². The summed E-state index contributed by atoms with van der Waals surface area (Å²) >= 11 is 0. The molecule has 0 spiro atoms. The van der Waals surface area contributed by atoms with Gasteiger partial charge in [0.1, 0.15) is 5.75 Å². The van der Waals surface area contributed by atoms with Crippen LogP contribution < -0.4 is 10.5 Å². The van der Waals surface area contributed by atoms with Crippen LogP contribution in [0, 0.1) is 6.92 Å². The van der Waals surface area contributed by atoms with Crippen molar-refractivity contribution in [3.8, 4) is 5.75 Å². The number of methoxy groups -OCH3 is 1. The number of amides is 2. The Morgan fingerprint density at radius 2 is 1.37 bits per heavy atom. The summed E-state index contributed by atoms with van der Waals surface area (Å²) in [4.78, 5) is 28.8. The number of hydrogen-bond acceptors (Lipinski definition) is 4. The maximum absolute atomic E-state index is 12.7. The summed E-state index contributed by atoms with van der Waals surface area (Å²) in [5, 5.41) is 0. The average molecular weight is 390 g/mol. The van der Waals surface area contributed by atoms with Crippen molar-refractivity contribution >= 4 is 29.9 Å². The number of piperazine rings is 1. The van der Waals surface area contributed by atoms with Gasteiger partial charge in [0.15, 0.2) is 0 Å².